The van der Waals surface area contributed by atoms with Crippen molar-refractivity contribution in [3.05, 3.63) is 107 Å². The summed E-state index contributed by atoms with van der Waals surface area (Å²) in [7, 11) is 5.39. The zero-order chi connectivity index (χ0) is 49.2. The van der Waals surface area contributed by atoms with Crippen molar-refractivity contribution >= 4 is 29.1 Å². The van der Waals surface area contributed by atoms with Crippen molar-refractivity contribution in [2.45, 2.75) is 220 Å². The fourth-order valence-electron chi connectivity index (χ4n) is 4.91. The van der Waals surface area contributed by atoms with Crippen molar-refractivity contribution < 1.29 is 10.2 Å². The highest BCUT2D eigenvalue weighted by molar-refractivity contribution is 7.27. The highest BCUT2D eigenvalue weighted by Crippen LogP contribution is 2.35. The summed E-state index contributed by atoms with van der Waals surface area (Å²) in [6, 6.07) is 28.8. The van der Waals surface area contributed by atoms with Gasteiger partial charge in [0.2, 0.25) is 0 Å². The highest BCUT2D eigenvalue weighted by atomic mass is 31.0. The summed E-state index contributed by atoms with van der Waals surface area (Å²) in [4.78, 5) is 0. The van der Waals surface area contributed by atoms with E-state index < -0.39 is 0 Å². The molecule has 0 aliphatic heterocycles. The lowest BCUT2D eigenvalue weighted by atomic mass is 9.80. The van der Waals surface area contributed by atoms with Gasteiger partial charge in [0.25, 0.3) is 0 Å². The first-order chi connectivity index (χ1) is 28.3. The summed E-state index contributed by atoms with van der Waals surface area (Å²) in [6.45, 7) is 50.6. The molecule has 0 bridgehead atoms. The van der Waals surface area contributed by atoms with Crippen LogP contribution in [-0.4, -0.2) is 10.2 Å². The Morgan fingerprint density at radius 2 is 0.607 bits per heavy atom. The maximum absolute atomic E-state index is 9.84. The van der Waals surface area contributed by atoms with Crippen molar-refractivity contribution in [1.29, 1.82) is 0 Å². The molecule has 4 rings (SSSR count). The Morgan fingerprint density at radius 3 is 0.770 bits per heavy atom. The molecule has 0 heterocycles. The molecule has 0 spiro atoms. The molecule has 0 saturated heterocycles. The predicted octanol–water partition coefficient (Wildman–Crippen LogP) is 18.4. The molecule has 352 valence electrons. The summed E-state index contributed by atoms with van der Waals surface area (Å²) >= 11 is 0. The quantitative estimate of drug-likeness (QED) is 0.201. The number of hydrogen-bond donors (Lipinski definition) is 2. The molecular formula is C57H102O2P2. The van der Waals surface area contributed by atoms with Crippen LogP contribution in [0.4, 0.5) is 0 Å². The third-order valence-electron chi connectivity index (χ3n) is 8.70. The summed E-state index contributed by atoms with van der Waals surface area (Å²) in [5.41, 5.74) is 7.36. The Morgan fingerprint density at radius 1 is 0.361 bits per heavy atom. The first-order valence-electron chi connectivity index (χ1n) is 23.7. The smallest absolute Gasteiger partial charge is 0.119 e. The van der Waals surface area contributed by atoms with Gasteiger partial charge in [-0.2, -0.15) is 0 Å². The molecule has 0 aliphatic carbocycles. The second-order valence-electron chi connectivity index (χ2n) is 18.1. The fraction of sp³-hybridized carbons (Fsp3) is 0.579. The van der Waals surface area contributed by atoms with Crippen LogP contribution in [0.3, 0.4) is 0 Å². The van der Waals surface area contributed by atoms with Crippen molar-refractivity contribution in [2.75, 3.05) is 0 Å². The van der Waals surface area contributed by atoms with Gasteiger partial charge >= 0.3 is 0 Å². The normalized spacial score (nSPS) is 10.3. The van der Waals surface area contributed by atoms with E-state index in [4.69, 9.17) is 0 Å². The second-order valence-corrected chi connectivity index (χ2v) is 19.4. The van der Waals surface area contributed by atoms with Crippen LogP contribution in [0.25, 0.3) is 11.1 Å². The van der Waals surface area contributed by atoms with Crippen LogP contribution < -0.4 is 10.6 Å². The van der Waals surface area contributed by atoms with E-state index in [1.54, 1.807) is 12.1 Å². The molecule has 0 radical (unpaired) electrons. The van der Waals surface area contributed by atoms with E-state index in [1.807, 2.05) is 67.5 Å². The number of benzene rings is 4. The van der Waals surface area contributed by atoms with Gasteiger partial charge in [-0.3, -0.25) is 0 Å². The Kier molecular flexibility index (Phi) is 40.7. The van der Waals surface area contributed by atoms with Gasteiger partial charge in [-0.1, -0.05) is 271 Å². The molecule has 2 nitrogen and oxygen atoms in total. The average Bonchev–Trinajstić information content (AvgIpc) is 3.21. The van der Waals surface area contributed by atoms with Gasteiger partial charge < -0.3 is 10.2 Å². The van der Waals surface area contributed by atoms with Gasteiger partial charge in [0.1, 0.15) is 11.5 Å². The molecule has 4 heteroatoms. The topological polar surface area (TPSA) is 40.5 Å². The molecular weight excluding hydrogens is 779 g/mol. The fourth-order valence-corrected chi connectivity index (χ4v) is 5.30. The predicted molar refractivity (Wildman–Crippen MR) is 293 cm³/mol. The molecule has 0 aromatic heterocycles. The molecule has 2 atom stereocenters. The minimum atomic E-state index is -0.00859. The van der Waals surface area contributed by atoms with Crippen LogP contribution >= 0.6 is 18.5 Å². The van der Waals surface area contributed by atoms with Gasteiger partial charge in [-0.15, -0.1) is 18.5 Å². The number of aromatic hydroxyl groups is 2. The lowest BCUT2D eigenvalue weighted by Gasteiger charge is -2.25. The van der Waals surface area contributed by atoms with Crippen molar-refractivity contribution in [3.8, 4) is 22.6 Å². The Hall–Kier alpha value is -2.66. The molecule has 0 fully saturated rings. The SMILES string of the molecule is CC.CC.CC.CC.CC(C)(C)c1ccc(O)c(C(C)(C)C)c1.CC(C)(C)c1ccc(O)c(C(C)(C)C)c1.CCCC.CCCCC.Pc1ccc(-c2ccc(P)cc2)cc1. The summed E-state index contributed by atoms with van der Waals surface area (Å²) in [5.74, 6) is 0.797. The standard InChI is InChI=1S/2C14H22O.C12H12P2.C5H12.C4H10.4C2H6/c2*1-13(2,3)10-7-8-12(15)11(9-10)14(4,5)6;13-11-5-1-9(2-6-11)10-3-7-12(14)8-4-10;1-3-5-4-2;1-3-4-2;4*1-2/h2*7-9,15H,1-6H3;1-8H,13-14H2;3-5H2,1-2H3;3-4H2,1-2H3;4*1-2H3. The zero-order valence-corrected chi connectivity index (χ0v) is 47.0. The molecule has 2 N–H and O–H groups in total. The first kappa shape index (κ1) is 67.4. The van der Waals surface area contributed by atoms with E-state index in [2.05, 4.69) is 190 Å². The third-order valence-corrected chi connectivity index (χ3v) is 9.47. The van der Waals surface area contributed by atoms with Crippen LogP contribution in [0.1, 0.15) is 221 Å². The molecule has 4 aromatic carbocycles. The monoisotopic (exact) mass is 881 g/mol. The van der Waals surface area contributed by atoms with Crippen molar-refractivity contribution in [2.24, 2.45) is 0 Å². The van der Waals surface area contributed by atoms with Crippen LogP contribution in [0.15, 0.2) is 84.9 Å². The summed E-state index contributed by atoms with van der Waals surface area (Å²) in [5, 5.41) is 22.1. The highest BCUT2D eigenvalue weighted by Gasteiger charge is 2.23. The van der Waals surface area contributed by atoms with Gasteiger partial charge in [-0.05, 0) is 77.8 Å². The van der Waals surface area contributed by atoms with E-state index in [0.717, 1.165) is 11.1 Å². The Labute approximate surface area is 387 Å². The molecule has 0 aliphatic rings. The Balaban J connectivity index is -0.000000217. The minimum absolute atomic E-state index is 0.00859. The number of rotatable bonds is 4. The maximum Gasteiger partial charge on any atom is 0.119 e. The van der Waals surface area contributed by atoms with Crippen LogP contribution in [0.2, 0.25) is 0 Å². The lowest BCUT2D eigenvalue weighted by Crippen LogP contribution is -2.16. The summed E-state index contributed by atoms with van der Waals surface area (Å²) < 4.78 is 0. The van der Waals surface area contributed by atoms with Gasteiger partial charge in [0.05, 0.1) is 0 Å². The van der Waals surface area contributed by atoms with Gasteiger partial charge in [-0.25, -0.2) is 0 Å². The van der Waals surface area contributed by atoms with Crippen LogP contribution in [0, 0.1) is 0 Å². The number of phenols is 2. The second kappa shape index (κ2) is 36.8. The molecule has 4 aromatic rings. The number of hydrogen-bond acceptors (Lipinski definition) is 2. The minimum Gasteiger partial charge on any atom is -0.508 e. The zero-order valence-electron chi connectivity index (χ0n) is 44.7. The van der Waals surface area contributed by atoms with E-state index >= 15 is 0 Å². The van der Waals surface area contributed by atoms with Crippen LogP contribution in [0.5, 0.6) is 11.5 Å². The summed E-state index contributed by atoms with van der Waals surface area (Å²) in [6.07, 6.45) is 6.72. The van der Waals surface area contributed by atoms with E-state index in [0.29, 0.717) is 11.5 Å². The molecule has 2 unspecified atom stereocenters. The van der Waals surface area contributed by atoms with E-state index in [-0.39, 0.29) is 21.7 Å². The lowest BCUT2D eigenvalue weighted by molar-refractivity contribution is 0.444. The maximum atomic E-state index is 9.84. The van der Waals surface area contributed by atoms with Gasteiger partial charge in [0, 0.05) is 0 Å². The Bertz CT molecular complexity index is 1450. The molecule has 0 saturated carbocycles. The van der Waals surface area contributed by atoms with Crippen molar-refractivity contribution in [3.63, 3.8) is 0 Å². The number of unbranched alkanes of at least 4 members (excludes halogenated alkanes) is 3. The van der Waals surface area contributed by atoms with Gasteiger partial charge in [0.15, 0.2) is 0 Å². The molecule has 0 amide bonds. The van der Waals surface area contributed by atoms with Crippen LogP contribution in [-0.2, 0) is 21.7 Å². The third kappa shape index (κ3) is 31.8. The first-order valence-corrected chi connectivity index (χ1v) is 24.9. The largest absolute Gasteiger partial charge is 0.508 e. The van der Waals surface area contributed by atoms with Crippen molar-refractivity contribution in [1.82, 2.24) is 0 Å². The number of phenolic OH excluding ortho intramolecular Hbond substituents is 2. The molecule has 61 heavy (non-hydrogen) atoms. The average molecular weight is 881 g/mol. The van der Waals surface area contributed by atoms with E-state index in [1.165, 1.54) is 65.0 Å². The van der Waals surface area contributed by atoms with E-state index in [9.17, 15) is 10.2 Å².